The molecule has 1 spiro atoms. The number of rotatable bonds is 4. The molecule has 2 atom stereocenters. The van der Waals surface area contributed by atoms with Gasteiger partial charge in [0.25, 0.3) is 11.4 Å². The molecule has 1 fully saturated rings. The summed E-state index contributed by atoms with van der Waals surface area (Å²) in [6.45, 7) is 1.62. The SMILES string of the molecule is Cc1noc2c1C(c1ccc([N+](=O)[O-])cc1)C1(C(=O)N(C)C(=O)N(C)C1=O)C(c1ccc([N+](=O)[O-])cc1)N2. The third kappa shape index (κ3) is 3.26. The highest BCUT2D eigenvalue weighted by Crippen LogP contribution is 2.59. The molecule has 2 aromatic carbocycles. The summed E-state index contributed by atoms with van der Waals surface area (Å²) in [5.41, 5.74) is -0.999. The fourth-order valence-corrected chi connectivity index (χ4v) is 5.35. The van der Waals surface area contributed by atoms with Crippen LogP contribution in [0.5, 0.6) is 0 Å². The van der Waals surface area contributed by atoms with Gasteiger partial charge in [0.1, 0.15) is 0 Å². The van der Waals surface area contributed by atoms with Crippen molar-refractivity contribution in [3.05, 3.63) is 91.1 Å². The molecule has 14 heteroatoms. The van der Waals surface area contributed by atoms with Crippen molar-refractivity contribution < 1.29 is 28.8 Å². The van der Waals surface area contributed by atoms with Gasteiger partial charge in [-0.05, 0) is 18.1 Å². The van der Waals surface area contributed by atoms with Crippen molar-refractivity contribution in [2.24, 2.45) is 5.41 Å². The summed E-state index contributed by atoms with van der Waals surface area (Å²) in [6, 6.07) is 8.70. The van der Waals surface area contributed by atoms with Crippen LogP contribution in [0.4, 0.5) is 22.1 Å². The fourth-order valence-electron chi connectivity index (χ4n) is 5.35. The number of urea groups is 1. The zero-order valence-corrected chi connectivity index (χ0v) is 20.3. The molecule has 14 nitrogen and oxygen atoms in total. The largest absolute Gasteiger partial charge is 0.345 e. The Kier molecular flexibility index (Phi) is 5.47. The number of hydrogen-bond donors (Lipinski definition) is 1. The normalized spacial score (nSPS) is 20.3. The first-order chi connectivity index (χ1) is 18.0. The molecule has 4 amide bonds. The molecule has 0 saturated carbocycles. The number of nitro benzene ring substituents is 2. The van der Waals surface area contributed by atoms with Gasteiger partial charge in [-0.15, -0.1) is 0 Å². The van der Waals surface area contributed by atoms with Gasteiger partial charge in [-0.3, -0.25) is 39.6 Å². The summed E-state index contributed by atoms with van der Waals surface area (Å²) in [6.07, 6.45) is 0. The molecule has 2 unspecified atom stereocenters. The van der Waals surface area contributed by atoms with E-state index in [0.717, 1.165) is 9.80 Å². The van der Waals surface area contributed by atoms with E-state index in [4.69, 9.17) is 4.52 Å². The lowest BCUT2D eigenvalue weighted by Crippen LogP contribution is -2.68. The highest BCUT2D eigenvalue weighted by molar-refractivity contribution is 6.21. The second-order valence-corrected chi connectivity index (χ2v) is 9.10. The first kappa shape index (κ1) is 24.5. The van der Waals surface area contributed by atoms with Crippen molar-refractivity contribution in [1.29, 1.82) is 0 Å². The second-order valence-electron chi connectivity index (χ2n) is 9.10. The van der Waals surface area contributed by atoms with Crippen LogP contribution in [0.3, 0.4) is 0 Å². The molecule has 194 valence electrons. The van der Waals surface area contributed by atoms with Crippen LogP contribution < -0.4 is 5.32 Å². The van der Waals surface area contributed by atoms with Gasteiger partial charge >= 0.3 is 6.03 Å². The number of nitrogens with one attached hydrogen (secondary N) is 1. The van der Waals surface area contributed by atoms with E-state index in [1.54, 1.807) is 6.92 Å². The first-order valence-corrected chi connectivity index (χ1v) is 11.3. The van der Waals surface area contributed by atoms with Crippen LogP contribution in [0.25, 0.3) is 0 Å². The third-order valence-electron chi connectivity index (χ3n) is 7.15. The Hall–Kier alpha value is -5.14. The van der Waals surface area contributed by atoms with E-state index in [1.807, 2.05) is 0 Å². The standard InChI is InChI=1S/C24H20N6O8/c1-12-17-18(13-4-8-15(9-5-13)29(34)35)24(21(31)27(2)23(33)28(3)22(24)32)19(25-20(17)38-26-12)14-6-10-16(11-7-14)30(36)37/h4-11,18-19,25H,1-3H3. The maximum Gasteiger partial charge on any atom is 0.332 e. The summed E-state index contributed by atoms with van der Waals surface area (Å²) in [5, 5.41) is 29.6. The summed E-state index contributed by atoms with van der Waals surface area (Å²) >= 11 is 0. The quantitative estimate of drug-likeness (QED) is 0.305. The number of nitro groups is 2. The van der Waals surface area contributed by atoms with Gasteiger partial charge in [0.2, 0.25) is 17.7 Å². The van der Waals surface area contributed by atoms with E-state index in [2.05, 4.69) is 10.5 Å². The number of carbonyl (C=O) groups excluding carboxylic acids is 3. The maximum absolute atomic E-state index is 14.2. The van der Waals surface area contributed by atoms with E-state index in [0.29, 0.717) is 22.4 Å². The van der Waals surface area contributed by atoms with Crippen LogP contribution in [0.2, 0.25) is 0 Å². The number of non-ortho nitro benzene ring substituents is 2. The van der Waals surface area contributed by atoms with Crippen molar-refractivity contribution in [3.63, 3.8) is 0 Å². The van der Waals surface area contributed by atoms with Crippen LogP contribution in [0.15, 0.2) is 53.1 Å². The molecule has 38 heavy (non-hydrogen) atoms. The molecule has 3 heterocycles. The minimum Gasteiger partial charge on any atom is -0.345 e. The zero-order chi connectivity index (χ0) is 27.5. The lowest BCUT2D eigenvalue weighted by molar-refractivity contribution is -0.385. The van der Waals surface area contributed by atoms with E-state index in [-0.39, 0.29) is 17.3 Å². The molecule has 1 N–H and O–H groups in total. The van der Waals surface area contributed by atoms with E-state index in [9.17, 15) is 34.6 Å². The number of aromatic nitrogens is 1. The van der Waals surface area contributed by atoms with Crippen LogP contribution in [0.1, 0.15) is 34.3 Å². The van der Waals surface area contributed by atoms with E-state index < -0.39 is 45.1 Å². The number of carbonyl (C=O) groups is 3. The minimum absolute atomic E-state index is 0.155. The van der Waals surface area contributed by atoms with Gasteiger partial charge in [-0.25, -0.2) is 4.79 Å². The van der Waals surface area contributed by atoms with Crippen molar-refractivity contribution in [2.45, 2.75) is 18.9 Å². The lowest BCUT2D eigenvalue weighted by Gasteiger charge is -2.51. The molecule has 2 aliphatic heterocycles. The second kappa shape index (κ2) is 8.47. The zero-order valence-electron chi connectivity index (χ0n) is 20.3. The average molecular weight is 520 g/mol. The number of amides is 4. The molecular formula is C24H20N6O8. The van der Waals surface area contributed by atoms with Crippen LogP contribution in [-0.2, 0) is 9.59 Å². The number of hydrogen-bond acceptors (Lipinski definition) is 10. The molecule has 0 bridgehead atoms. The molecular weight excluding hydrogens is 500 g/mol. The van der Waals surface area contributed by atoms with Gasteiger partial charge in [0.05, 0.1) is 21.6 Å². The Balaban J connectivity index is 1.84. The van der Waals surface area contributed by atoms with Crippen LogP contribution in [0, 0.1) is 32.6 Å². The average Bonchev–Trinajstić information content (AvgIpc) is 3.29. The van der Waals surface area contributed by atoms with Crippen molar-refractivity contribution in [3.8, 4) is 0 Å². The highest BCUT2D eigenvalue weighted by atomic mass is 16.6. The predicted octanol–water partition coefficient (Wildman–Crippen LogP) is 3.13. The first-order valence-electron chi connectivity index (χ1n) is 11.3. The topological polar surface area (TPSA) is 182 Å². The minimum atomic E-state index is -2.03. The molecule has 0 radical (unpaired) electrons. The number of barbiturate groups is 1. The van der Waals surface area contributed by atoms with Crippen molar-refractivity contribution >= 4 is 35.1 Å². The predicted molar refractivity (Wildman–Crippen MR) is 129 cm³/mol. The molecule has 5 rings (SSSR count). The van der Waals surface area contributed by atoms with Gasteiger partial charge < -0.3 is 9.84 Å². The molecule has 1 aromatic heterocycles. The number of benzene rings is 2. The molecule has 0 aliphatic carbocycles. The third-order valence-corrected chi connectivity index (χ3v) is 7.15. The van der Waals surface area contributed by atoms with Gasteiger partial charge in [-0.2, -0.15) is 0 Å². The molecule has 1 saturated heterocycles. The molecule has 3 aromatic rings. The summed E-state index contributed by atoms with van der Waals surface area (Å²) in [4.78, 5) is 64.2. The Morgan fingerprint density at radius 2 is 1.34 bits per heavy atom. The highest BCUT2D eigenvalue weighted by Gasteiger charge is 2.67. The fraction of sp³-hybridized carbons (Fsp3) is 0.250. The number of fused-ring (bicyclic) bond motifs is 1. The van der Waals surface area contributed by atoms with Crippen molar-refractivity contribution in [1.82, 2.24) is 15.0 Å². The Morgan fingerprint density at radius 3 is 1.82 bits per heavy atom. The summed E-state index contributed by atoms with van der Waals surface area (Å²) in [5.74, 6) is -2.58. The smallest absolute Gasteiger partial charge is 0.332 e. The van der Waals surface area contributed by atoms with Crippen molar-refractivity contribution in [2.75, 3.05) is 19.4 Å². The maximum atomic E-state index is 14.2. The number of anilines is 1. The van der Waals surface area contributed by atoms with Gasteiger partial charge in [-0.1, -0.05) is 29.4 Å². The summed E-state index contributed by atoms with van der Waals surface area (Å²) in [7, 11) is 2.51. The number of aryl methyl sites for hydroxylation is 1. The number of nitrogens with zero attached hydrogens (tertiary/aromatic N) is 5. The lowest BCUT2D eigenvalue weighted by atomic mass is 9.59. The van der Waals surface area contributed by atoms with Crippen LogP contribution >= 0.6 is 0 Å². The van der Waals surface area contributed by atoms with Gasteiger partial charge in [0, 0.05) is 49.8 Å². The van der Waals surface area contributed by atoms with Crippen LogP contribution in [-0.4, -0.2) is 56.7 Å². The van der Waals surface area contributed by atoms with E-state index >= 15 is 0 Å². The van der Waals surface area contributed by atoms with Gasteiger partial charge in [0.15, 0.2) is 5.41 Å². The Morgan fingerprint density at radius 1 is 0.868 bits per heavy atom. The Bertz CT molecular complexity index is 1490. The number of imide groups is 2. The monoisotopic (exact) mass is 520 g/mol. The summed E-state index contributed by atoms with van der Waals surface area (Å²) < 4.78 is 5.50. The molecule has 2 aliphatic rings. The van der Waals surface area contributed by atoms with E-state index in [1.165, 1.54) is 62.6 Å². The Labute approximate surface area is 214 Å².